The standard InChI is InChI=1S/C20H17FN2O3/c21-11-16-10-19(24)22-20-23(16)12-18(26-20)13-25-17-8-6-15(7-9-17)14-4-2-1-3-5-14/h1-10,18H,11-13H2. The number of alkyl halides is 1. The Morgan fingerprint density at radius 3 is 2.58 bits per heavy atom. The van der Waals surface area contributed by atoms with Crippen molar-refractivity contribution >= 4 is 0 Å². The predicted molar refractivity (Wildman–Crippen MR) is 95.1 cm³/mol. The van der Waals surface area contributed by atoms with E-state index in [0.717, 1.165) is 16.9 Å². The lowest BCUT2D eigenvalue weighted by Gasteiger charge is -2.11. The molecule has 0 bridgehead atoms. The van der Waals surface area contributed by atoms with Gasteiger partial charge in [-0.2, -0.15) is 4.98 Å². The molecule has 0 N–H and O–H groups in total. The van der Waals surface area contributed by atoms with Crippen molar-refractivity contribution in [1.29, 1.82) is 0 Å². The van der Waals surface area contributed by atoms with Gasteiger partial charge in [-0.1, -0.05) is 42.5 Å². The molecule has 1 aliphatic heterocycles. The highest BCUT2D eigenvalue weighted by Gasteiger charge is 2.26. The molecule has 132 valence electrons. The van der Waals surface area contributed by atoms with Crippen LogP contribution in [0, 0.1) is 0 Å². The molecule has 0 amide bonds. The molecule has 0 saturated heterocycles. The van der Waals surface area contributed by atoms with Crippen molar-refractivity contribution in [3.8, 4) is 22.9 Å². The van der Waals surface area contributed by atoms with Crippen LogP contribution in [0.3, 0.4) is 0 Å². The SMILES string of the molecule is O=c1cc(CF)n2c(n1)OC(COc1ccc(-c3ccccc3)cc1)C2. The number of hydrogen-bond donors (Lipinski definition) is 0. The fourth-order valence-corrected chi connectivity index (χ4v) is 2.97. The van der Waals surface area contributed by atoms with Gasteiger partial charge in [-0.25, -0.2) is 4.39 Å². The van der Waals surface area contributed by atoms with E-state index in [1.165, 1.54) is 6.07 Å². The van der Waals surface area contributed by atoms with Gasteiger partial charge in [0.1, 0.15) is 19.0 Å². The molecule has 0 fully saturated rings. The Labute approximate surface area is 149 Å². The summed E-state index contributed by atoms with van der Waals surface area (Å²) in [6.45, 7) is -0.0411. The number of hydrogen-bond acceptors (Lipinski definition) is 4. The van der Waals surface area contributed by atoms with Gasteiger partial charge in [-0.15, -0.1) is 0 Å². The van der Waals surface area contributed by atoms with Gasteiger partial charge in [0.2, 0.25) is 0 Å². The lowest BCUT2D eigenvalue weighted by molar-refractivity contribution is 0.143. The Hall–Kier alpha value is -3.15. The monoisotopic (exact) mass is 352 g/mol. The van der Waals surface area contributed by atoms with Crippen LogP contribution in [0.2, 0.25) is 0 Å². The second-order valence-electron chi connectivity index (χ2n) is 6.05. The number of halogens is 1. The van der Waals surface area contributed by atoms with Crippen molar-refractivity contribution in [2.75, 3.05) is 6.61 Å². The molecule has 6 heteroatoms. The third-order valence-electron chi connectivity index (χ3n) is 4.27. The van der Waals surface area contributed by atoms with Gasteiger partial charge in [-0.05, 0) is 23.3 Å². The normalized spacial score (nSPS) is 15.3. The topological polar surface area (TPSA) is 53.4 Å². The van der Waals surface area contributed by atoms with Gasteiger partial charge in [0.25, 0.3) is 5.56 Å². The fourth-order valence-electron chi connectivity index (χ4n) is 2.97. The van der Waals surface area contributed by atoms with Crippen molar-refractivity contribution in [3.05, 3.63) is 76.7 Å². The van der Waals surface area contributed by atoms with E-state index in [9.17, 15) is 9.18 Å². The van der Waals surface area contributed by atoms with E-state index < -0.39 is 12.2 Å². The molecule has 1 aliphatic rings. The summed E-state index contributed by atoms with van der Waals surface area (Å²) in [4.78, 5) is 15.2. The van der Waals surface area contributed by atoms with Crippen LogP contribution in [0.5, 0.6) is 11.8 Å². The van der Waals surface area contributed by atoms with Crippen LogP contribution < -0.4 is 15.0 Å². The first kappa shape index (κ1) is 16.3. The second kappa shape index (κ2) is 7.00. The molecule has 1 unspecified atom stereocenters. The number of nitrogens with zero attached hydrogens (tertiary/aromatic N) is 2. The molecule has 2 heterocycles. The average Bonchev–Trinajstić information content (AvgIpc) is 3.09. The van der Waals surface area contributed by atoms with E-state index in [-0.39, 0.29) is 24.4 Å². The lowest BCUT2D eigenvalue weighted by atomic mass is 10.1. The maximum Gasteiger partial charge on any atom is 0.300 e. The summed E-state index contributed by atoms with van der Waals surface area (Å²) in [7, 11) is 0. The van der Waals surface area contributed by atoms with Crippen molar-refractivity contribution < 1.29 is 13.9 Å². The molecular weight excluding hydrogens is 335 g/mol. The predicted octanol–water partition coefficient (Wildman–Crippen LogP) is 3.22. The Balaban J connectivity index is 1.40. The smallest absolute Gasteiger partial charge is 0.300 e. The number of fused-ring (bicyclic) bond motifs is 1. The van der Waals surface area contributed by atoms with Crippen molar-refractivity contribution in [2.45, 2.75) is 19.3 Å². The highest BCUT2D eigenvalue weighted by Crippen LogP contribution is 2.24. The van der Waals surface area contributed by atoms with Gasteiger partial charge in [0.15, 0.2) is 6.10 Å². The van der Waals surface area contributed by atoms with Gasteiger partial charge in [0.05, 0.1) is 12.2 Å². The highest BCUT2D eigenvalue weighted by molar-refractivity contribution is 5.63. The molecule has 0 radical (unpaired) electrons. The minimum absolute atomic E-state index is 0.151. The Morgan fingerprint density at radius 1 is 1.12 bits per heavy atom. The van der Waals surface area contributed by atoms with E-state index >= 15 is 0 Å². The molecule has 26 heavy (non-hydrogen) atoms. The second-order valence-corrected chi connectivity index (χ2v) is 6.05. The third-order valence-corrected chi connectivity index (χ3v) is 4.27. The van der Waals surface area contributed by atoms with E-state index in [2.05, 4.69) is 17.1 Å². The van der Waals surface area contributed by atoms with E-state index in [1.807, 2.05) is 42.5 Å². The van der Waals surface area contributed by atoms with E-state index in [0.29, 0.717) is 6.54 Å². The maximum absolute atomic E-state index is 13.0. The third kappa shape index (κ3) is 3.31. The summed E-state index contributed by atoms with van der Waals surface area (Å²) in [6, 6.07) is 19.2. The van der Waals surface area contributed by atoms with Crippen molar-refractivity contribution in [3.63, 3.8) is 0 Å². The van der Waals surface area contributed by atoms with Gasteiger partial charge in [-0.3, -0.25) is 9.36 Å². The summed E-state index contributed by atoms with van der Waals surface area (Å²) >= 11 is 0. The summed E-state index contributed by atoms with van der Waals surface area (Å²) in [5.74, 6) is 0.720. The first-order valence-corrected chi connectivity index (χ1v) is 8.34. The van der Waals surface area contributed by atoms with Crippen LogP contribution in [0.25, 0.3) is 11.1 Å². The molecule has 0 aliphatic carbocycles. The van der Waals surface area contributed by atoms with Crippen LogP contribution in [-0.2, 0) is 13.2 Å². The molecule has 5 nitrogen and oxygen atoms in total. The van der Waals surface area contributed by atoms with Crippen LogP contribution >= 0.6 is 0 Å². The summed E-state index contributed by atoms with van der Waals surface area (Å²) in [6.07, 6.45) is -0.316. The molecule has 1 atom stereocenters. The van der Waals surface area contributed by atoms with E-state index in [4.69, 9.17) is 9.47 Å². The zero-order valence-electron chi connectivity index (χ0n) is 14.0. The van der Waals surface area contributed by atoms with Crippen LogP contribution in [0.4, 0.5) is 4.39 Å². The summed E-state index contributed by atoms with van der Waals surface area (Å²) < 4.78 is 26.0. The van der Waals surface area contributed by atoms with Crippen molar-refractivity contribution in [2.24, 2.45) is 0 Å². The zero-order chi connectivity index (χ0) is 17.9. The fraction of sp³-hybridized carbons (Fsp3) is 0.200. The maximum atomic E-state index is 13.0. The lowest BCUT2D eigenvalue weighted by Crippen LogP contribution is -2.23. The Bertz CT molecular complexity index is 955. The molecule has 2 aromatic carbocycles. The Kier molecular flexibility index (Phi) is 4.39. The molecule has 1 aromatic heterocycles. The van der Waals surface area contributed by atoms with Crippen LogP contribution in [-0.4, -0.2) is 22.3 Å². The van der Waals surface area contributed by atoms with Crippen LogP contribution in [0.15, 0.2) is 65.5 Å². The molecule has 0 spiro atoms. The molecule has 0 saturated carbocycles. The zero-order valence-corrected chi connectivity index (χ0v) is 14.0. The first-order chi connectivity index (χ1) is 12.7. The van der Waals surface area contributed by atoms with E-state index in [1.54, 1.807) is 4.57 Å². The number of benzene rings is 2. The van der Waals surface area contributed by atoms with Gasteiger partial charge >= 0.3 is 6.01 Å². The quantitative estimate of drug-likeness (QED) is 0.707. The molecule has 3 aromatic rings. The average molecular weight is 352 g/mol. The largest absolute Gasteiger partial charge is 0.490 e. The van der Waals surface area contributed by atoms with Gasteiger partial charge in [0, 0.05) is 6.07 Å². The minimum Gasteiger partial charge on any atom is -0.490 e. The number of ether oxygens (including phenoxy) is 2. The molecular formula is C20H17FN2O3. The number of rotatable bonds is 5. The minimum atomic E-state index is -0.733. The molecule has 4 rings (SSSR count). The summed E-state index contributed by atoms with van der Waals surface area (Å²) in [5, 5.41) is 0. The first-order valence-electron chi connectivity index (χ1n) is 8.34. The van der Waals surface area contributed by atoms with Crippen molar-refractivity contribution in [1.82, 2.24) is 9.55 Å². The number of aromatic nitrogens is 2. The Morgan fingerprint density at radius 2 is 1.85 bits per heavy atom. The summed E-state index contributed by atoms with van der Waals surface area (Å²) in [5.41, 5.74) is 2.03. The van der Waals surface area contributed by atoms with Crippen LogP contribution in [0.1, 0.15) is 5.69 Å². The van der Waals surface area contributed by atoms with Gasteiger partial charge < -0.3 is 9.47 Å². The highest BCUT2D eigenvalue weighted by atomic mass is 19.1.